The molecule has 1 aliphatic heterocycles. The monoisotopic (exact) mass is 379 g/mol. The first-order chi connectivity index (χ1) is 12.4. The summed E-state index contributed by atoms with van der Waals surface area (Å²) in [5.41, 5.74) is 0.812. The van der Waals surface area contributed by atoms with Crippen molar-refractivity contribution in [3.05, 3.63) is 41.3 Å². The quantitative estimate of drug-likeness (QED) is 0.798. The molecule has 1 aliphatic rings. The zero-order chi connectivity index (χ0) is 18.9. The van der Waals surface area contributed by atoms with Gasteiger partial charge >= 0.3 is 0 Å². The lowest BCUT2D eigenvalue weighted by Crippen LogP contribution is -2.50. The van der Waals surface area contributed by atoms with Gasteiger partial charge in [0.15, 0.2) is 5.76 Å². The van der Waals surface area contributed by atoms with Crippen molar-refractivity contribution >= 4 is 15.9 Å². The number of piperazine rings is 1. The van der Waals surface area contributed by atoms with Crippen molar-refractivity contribution in [2.45, 2.75) is 18.7 Å². The van der Waals surface area contributed by atoms with Crippen LogP contribution in [0.15, 0.2) is 33.7 Å². The van der Waals surface area contributed by atoms with Crippen molar-refractivity contribution in [1.29, 1.82) is 0 Å². The molecule has 140 valence electrons. The van der Waals surface area contributed by atoms with Crippen molar-refractivity contribution in [2.24, 2.45) is 0 Å². The molecule has 8 nitrogen and oxygen atoms in total. The molecule has 1 fully saturated rings. The summed E-state index contributed by atoms with van der Waals surface area (Å²) in [6.45, 7) is 4.22. The summed E-state index contributed by atoms with van der Waals surface area (Å²) in [4.78, 5) is 14.5. The molecule has 0 atom stereocenters. The van der Waals surface area contributed by atoms with Gasteiger partial charge in [-0.1, -0.05) is 17.3 Å². The number of ether oxygens (including phenoxy) is 1. The third kappa shape index (κ3) is 3.19. The summed E-state index contributed by atoms with van der Waals surface area (Å²) in [5.74, 6) is 0.607. The van der Waals surface area contributed by atoms with Gasteiger partial charge in [-0.2, -0.15) is 4.31 Å². The van der Waals surface area contributed by atoms with Crippen LogP contribution in [0.25, 0.3) is 0 Å². The highest BCUT2D eigenvalue weighted by molar-refractivity contribution is 7.89. The molecule has 1 aromatic carbocycles. The van der Waals surface area contributed by atoms with E-state index in [1.54, 1.807) is 43.0 Å². The molecule has 0 N–H and O–H groups in total. The van der Waals surface area contributed by atoms with Gasteiger partial charge < -0.3 is 14.2 Å². The fourth-order valence-corrected chi connectivity index (χ4v) is 4.81. The Morgan fingerprint density at radius 2 is 1.81 bits per heavy atom. The molecular weight excluding hydrogens is 358 g/mol. The Balaban J connectivity index is 1.74. The molecule has 1 amide bonds. The predicted octanol–water partition coefficient (Wildman–Crippen LogP) is 1.45. The highest BCUT2D eigenvalue weighted by Gasteiger charge is 2.34. The van der Waals surface area contributed by atoms with Crippen LogP contribution in [0.2, 0.25) is 0 Å². The third-order valence-electron chi connectivity index (χ3n) is 4.43. The minimum absolute atomic E-state index is 0.113. The van der Waals surface area contributed by atoms with E-state index in [0.717, 1.165) is 0 Å². The van der Waals surface area contributed by atoms with Gasteiger partial charge in [0, 0.05) is 26.2 Å². The van der Waals surface area contributed by atoms with Crippen LogP contribution in [0.3, 0.4) is 0 Å². The van der Waals surface area contributed by atoms with Crippen molar-refractivity contribution in [1.82, 2.24) is 14.4 Å². The summed E-state index contributed by atoms with van der Waals surface area (Å²) in [6, 6.07) is 7.00. The van der Waals surface area contributed by atoms with Crippen LogP contribution >= 0.6 is 0 Å². The van der Waals surface area contributed by atoms with E-state index in [9.17, 15) is 13.2 Å². The van der Waals surface area contributed by atoms with Crippen LogP contribution in [-0.2, 0) is 10.0 Å². The molecule has 1 aromatic heterocycles. The van der Waals surface area contributed by atoms with Crippen molar-refractivity contribution in [3.8, 4) is 5.75 Å². The molecule has 0 aliphatic carbocycles. The van der Waals surface area contributed by atoms with E-state index in [1.807, 2.05) is 0 Å². The number of carbonyl (C=O) groups excluding carboxylic acids is 1. The van der Waals surface area contributed by atoms with Crippen LogP contribution in [0.1, 0.15) is 21.8 Å². The summed E-state index contributed by atoms with van der Waals surface area (Å²) in [7, 11) is -2.18. The molecule has 26 heavy (non-hydrogen) atoms. The van der Waals surface area contributed by atoms with Crippen LogP contribution in [-0.4, -0.2) is 62.0 Å². The van der Waals surface area contributed by atoms with Crippen LogP contribution in [0, 0.1) is 13.8 Å². The number of rotatable bonds is 4. The Labute approximate surface area is 152 Å². The predicted molar refractivity (Wildman–Crippen MR) is 93.6 cm³/mol. The fourth-order valence-electron chi connectivity index (χ4n) is 3.10. The highest BCUT2D eigenvalue weighted by Crippen LogP contribution is 2.25. The maximum atomic E-state index is 12.8. The van der Waals surface area contributed by atoms with Crippen LogP contribution in [0.4, 0.5) is 0 Å². The zero-order valence-corrected chi connectivity index (χ0v) is 15.7. The standard InChI is InChI=1S/C17H21N3O5S/c1-12-16(13(2)25-18-12)26(22,23)20-10-8-19(9-11-20)17(21)14-6-4-5-7-15(14)24-3/h4-7H,8-11H2,1-3H3. The molecule has 1 saturated heterocycles. The number of para-hydroxylation sites is 1. The van der Waals surface area contributed by atoms with E-state index in [4.69, 9.17) is 9.26 Å². The second kappa shape index (κ2) is 7.08. The highest BCUT2D eigenvalue weighted by atomic mass is 32.2. The van der Waals surface area contributed by atoms with E-state index in [0.29, 0.717) is 30.1 Å². The van der Waals surface area contributed by atoms with Gasteiger partial charge in [0.1, 0.15) is 16.3 Å². The largest absolute Gasteiger partial charge is 0.496 e. The normalized spacial score (nSPS) is 15.9. The number of amides is 1. The van der Waals surface area contributed by atoms with Crippen LogP contribution < -0.4 is 4.74 Å². The molecule has 3 rings (SSSR count). The lowest BCUT2D eigenvalue weighted by atomic mass is 10.1. The number of hydrogen-bond donors (Lipinski definition) is 0. The number of sulfonamides is 1. The molecule has 0 unspecified atom stereocenters. The Morgan fingerprint density at radius 3 is 2.38 bits per heavy atom. The number of carbonyl (C=O) groups is 1. The first kappa shape index (κ1) is 18.4. The molecule has 2 aromatic rings. The minimum Gasteiger partial charge on any atom is -0.496 e. The van der Waals surface area contributed by atoms with Crippen molar-refractivity contribution in [2.75, 3.05) is 33.3 Å². The van der Waals surface area contributed by atoms with Gasteiger partial charge in [0.05, 0.1) is 12.7 Å². The number of nitrogens with zero attached hydrogens (tertiary/aromatic N) is 3. The number of aromatic nitrogens is 1. The number of hydrogen-bond acceptors (Lipinski definition) is 6. The minimum atomic E-state index is -3.69. The molecular formula is C17H21N3O5S. The average molecular weight is 379 g/mol. The third-order valence-corrected chi connectivity index (χ3v) is 6.57. The number of methoxy groups -OCH3 is 1. The topological polar surface area (TPSA) is 93.0 Å². The van der Waals surface area contributed by atoms with E-state index in [2.05, 4.69) is 5.16 Å². The van der Waals surface area contributed by atoms with E-state index in [-0.39, 0.29) is 29.7 Å². The molecule has 0 spiro atoms. The van der Waals surface area contributed by atoms with Gasteiger partial charge in [0.2, 0.25) is 10.0 Å². The maximum Gasteiger partial charge on any atom is 0.257 e. The summed E-state index contributed by atoms with van der Waals surface area (Å²) >= 11 is 0. The van der Waals surface area contributed by atoms with Crippen LogP contribution in [0.5, 0.6) is 5.75 Å². The Kier molecular flexibility index (Phi) is 5.01. The first-order valence-electron chi connectivity index (χ1n) is 8.21. The molecule has 9 heteroatoms. The van der Waals surface area contributed by atoms with Gasteiger partial charge in [-0.05, 0) is 26.0 Å². The average Bonchev–Trinajstić information content (AvgIpc) is 3.00. The van der Waals surface area contributed by atoms with Crippen molar-refractivity contribution in [3.63, 3.8) is 0 Å². The van der Waals surface area contributed by atoms with E-state index in [1.165, 1.54) is 11.4 Å². The zero-order valence-electron chi connectivity index (χ0n) is 14.9. The van der Waals surface area contributed by atoms with Crippen molar-refractivity contribution < 1.29 is 22.5 Å². The summed E-state index contributed by atoms with van der Waals surface area (Å²) in [5, 5.41) is 3.72. The second-order valence-corrected chi connectivity index (χ2v) is 7.92. The van der Waals surface area contributed by atoms with E-state index >= 15 is 0 Å². The van der Waals surface area contributed by atoms with Gasteiger partial charge in [-0.3, -0.25) is 4.79 Å². The summed E-state index contributed by atoms with van der Waals surface area (Å²) < 4.78 is 37.3. The Hall–Kier alpha value is -2.39. The lowest BCUT2D eigenvalue weighted by molar-refractivity contribution is 0.0694. The molecule has 2 heterocycles. The smallest absolute Gasteiger partial charge is 0.257 e. The summed E-state index contributed by atoms with van der Waals surface area (Å²) in [6.07, 6.45) is 0. The van der Waals surface area contributed by atoms with Gasteiger partial charge in [0.25, 0.3) is 5.91 Å². The Bertz CT molecular complexity index is 895. The molecule has 0 bridgehead atoms. The fraction of sp³-hybridized carbons (Fsp3) is 0.412. The number of aryl methyl sites for hydroxylation is 2. The molecule has 0 radical (unpaired) electrons. The SMILES string of the molecule is COc1ccccc1C(=O)N1CCN(S(=O)(=O)c2c(C)noc2C)CC1. The maximum absolute atomic E-state index is 12.8. The Morgan fingerprint density at radius 1 is 1.15 bits per heavy atom. The first-order valence-corrected chi connectivity index (χ1v) is 9.65. The number of benzene rings is 1. The lowest BCUT2D eigenvalue weighted by Gasteiger charge is -2.34. The van der Waals surface area contributed by atoms with E-state index < -0.39 is 10.0 Å². The van der Waals surface area contributed by atoms with Gasteiger partial charge in [-0.15, -0.1) is 0 Å². The molecule has 0 saturated carbocycles. The second-order valence-electron chi connectivity index (χ2n) is 6.05. The van der Waals surface area contributed by atoms with Gasteiger partial charge in [-0.25, -0.2) is 8.42 Å².